The number of thiazole rings is 1. The third kappa shape index (κ3) is 1.41. The summed E-state index contributed by atoms with van der Waals surface area (Å²) in [5.41, 5.74) is 6.10. The van der Waals surface area contributed by atoms with E-state index < -0.39 is 5.91 Å². The molecule has 2 rings (SSSR count). The van der Waals surface area contributed by atoms with Gasteiger partial charge in [-0.2, -0.15) is 0 Å². The van der Waals surface area contributed by atoms with Gasteiger partial charge in [-0.05, 0) is 6.92 Å². The molecule has 80 valence electrons. The summed E-state index contributed by atoms with van der Waals surface area (Å²) in [7, 11) is 0. The Labute approximate surface area is 90.9 Å². The van der Waals surface area contributed by atoms with E-state index in [9.17, 15) is 4.79 Å². The Balaban J connectivity index is 2.74. The fourth-order valence-electron chi connectivity index (χ4n) is 1.53. The molecule has 0 spiro atoms. The number of nitrogens with two attached hydrogens (primary N) is 1. The third-order valence-corrected chi connectivity index (χ3v) is 3.40. The van der Waals surface area contributed by atoms with Crippen molar-refractivity contribution >= 4 is 22.2 Å². The van der Waals surface area contributed by atoms with Gasteiger partial charge in [-0.15, -0.1) is 10.2 Å². The van der Waals surface area contributed by atoms with Gasteiger partial charge in [0.15, 0.2) is 0 Å². The number of rotatable bonds is 2. The van der Waals surface area contributed by atoms with Gasteiger partial charge in [-0.1, -0.05) is 25.2 Å². The van der Waals surface area contributed by atoms with E-state index in [0.717, 1.165) is 16.5 Å². The zero-order valence-corrected chi connectivity index (χ0v) is 9.63. The molecule has 1 amide bonds. The van der Waals surface area contributed by atoms with Crippen LogP contribution in [0, 0.1) is 6.92 Å². The monoisotopic (exact) mass is 224 g/mol. The Morgan fingerprint density at radius 3 is 2.67 bits per heavy atom. The number of fused-ring (bicyclic) bond motifs is 1. The van der Waals surface area contributed by atoms with Crippen LogP contribution in [-0.4, -0.2) is 20.5 Å². The maximum Gasteiger partial charge on any atom is 0.260 e. The highest BCUT2D eigenvalue weighted by atomic mass is 32.1. The van der Waals surface area contributed by atoms with Crippen molar-refractivity contribution in [2.45, 2.75) is 26.7 Å². The average Bonchev–Trinajstić information content (AvgIpc) is 2.66. The second-order valence-electron chi connectivity index (χ2n) is 3.71. The summed E-state index contributed by atoms with van der Waals surface area (Å²) in [4.78, 5) is 12.4. The molecular formula is C9H12N4OS. The number of hydrogen-bond acceptors (Lipinski definition) is 4. The average molecular weight is 224 g/mol. The Hall–Kier alpha value is -1.43. The van der Waals surface area contributed by atoms with Crippen LogP contribution in [-0.2, 0) is 0 Å². The number of amides is 1. The highest BCUT2D eigenvalue weighted by Crippen LogP contribution is 2.24. The molecule has 2 N–H and O–H groups in total. The number of aryl methyl sites for hydroxylation is 1. The van der Waals surface area contributed by atoms with Gasteiger partial charge in [0.25, 0.3) is 5.91 Å². The summed E-state index contributed by atoms with van der Waals surface area (Å²) in [6.45, 7) is 5.94. The van der Waals surface area contributed by atoms with E-state index >= 15 is 0 Å². The molecule has 0 unspecified atom stereocenters. The van der Waals surface area contributed by atoms with E-state index in [1.54, 1.807) is 0 Å². The minimum absolute atomic E-state index is 0.272. The van der Waals surface area contributed by atoms with E-state index in [4.69, 9.17) is 5.73 Å². The van der Waals surface area contributed by atoms with Gasteiger partial charge in [0.2, 0.25) is 4.96 Å². The van der Waals surface area contributed by atoms with Crippen molar-refractivity contribution in [2.24, 2.45) is 5.73 Å². The SMILES string of the molecule is Cc1c(C(N)=O)sc2nnc(C(C)C)n12. The van der Waals surface area contributed by atoms with Gasteiger partial charge >= 0.3 is 0 Å². The Morgan fingerprint density at radius 1 is 1.47 bits per heavy atom. The Morgan fingerprint density at radius 2 is 2.13 bits per heavy atom. The Kier molecular flexibility index (Phi) is 2.22. The smallest absolute Gasteiger partial charge is 0.260 e. The molecular weight excluding hydrogens is 212 g/mol. The van der Waals surface area contributed by atoms with Crippen molar-refractivity contribution in [3.05, 3.63) is 16.4 Å². The fraction of sp³-hybridized carbons (Fsp3) is 0.444. The number of carbonyl (C=O) groups is 1. The van der Waals surface area contributed by atoms with Crippen LogP contribution in [0.2, 0.25) is 0 Å². The van der Waals surface area contributed by atoms with E-state index in [0.29, 0.717) is 4.88 Å². The molecule has 0 aliphatic heterocycles. The van der Waals surface area contributed by atoms with E-state index in [-0.39, 0.29) is 5.92 Å². The fourth-order valence-corrected chi connectivity index (χ4v) is 2.46. The van der Waals surface area contributed by atoms with Crippen molar-refractivity contribution in [2.75, 3.05) is 0 Å². The van der Waals surface area contributed by atoms with Crippen LogP contribution >= 0.6 is 11.3 Å². The topological polar surface area (TPSA) is 73.3 Å². The summed E-state index contributed by atoms with van der Waals surface area (Å²) in [6.07, 6.45) is 0. The second kappa shape index (κ2) is 3.30. The number of aromatic nitrogens is 3. The van der Waals surface area contributed by atoms with E-state index in [1.807, 2.05) is 25.2 Å². The molecule has 5 nitrogen and oxygen atoms in total. The molecule has 0 atom stereocenters. The molecule has 0 radical (unpaired) electrons. The standard InChI is InChI=1S/C9H12N4OS/c1-4(2)8-11-12-9-13(8)5(3)6(15-9)7(10)14/h4H,1-3H3,(H2,10,14). The van der Waals surface area contributed by atoms with Crippen LogP contribution in [0.4, 0.5) is 0 Å². The summed E-state index contributed by atoms with van der Waals surface area (Å²) in [6, 6.07) is 0. The molecule has 0 saturated heterocycles. The first-order valence-corrected chi connectivity index (χ1v) is 5.48. The lowest BCUT2D eigenvalue weighted by Gasteiger charge is -2.01. The lowest BCUT2D eigenvalue weighted by atomic mass is 10.2. The Bertz CT molecular complexity index is 525. The van der Waals surface area contributed by atoms with Crippen LogP contribution in [0.5, 0.6) is 0 Å². The van der Waals surface area contributed by atoms with Crippen LogP contribution in [0.1, 0.15) is 41.0 Å². The molecule has 2 heterocycles. The molecule has 2 aromatic rings. The highest BCUT2D eigenvalue weighted by Gasteiger charge is 2.18. The maximum absolute atomic E-state index is 11.1. The normalized spacial score (nSPS) is 11.5. The molecule has 15 heavy (non-hydrogen) atoms. The molecule has 0 aliphatic carbocycles. The van der Waals surface area contributed by atoms with Gasteiger partial charge in [-0.3, -0.25) is 9.20 Å². The molecule has 0 fully saturated rings. The van der Waals surface area contributed by atoms with Gasteiger partial charge in [0.05, 0.1) is 0 Å². The van der Waals surface area contributed by atoms with Crippen molar-refractivity contribution in [3.8, 4) is 0 Å². The number of carbonyl (C=O) groups excluding carboxylic acids is 1. The molecule has 0 aromatic carbocycles. The lowest BCUT2D eigenvalue weighted by molar-refractivity contribution is 0.100. The minimum Gasteiger partial charge on any atom is -0.365 e. The maximum atomic E-state index is 11.1. The highest BCUT2D eigenvalue weighted by molar-refractivity contribution is 7.19. The first-order chi connectivity index (χ1) is 7.02. The zero-order chi connectivity index (χ0) is 11.2. The van der Waals surface area contributed by atoms with E-state index in [1.165, 1.54) is 11.3 Å². The number of nitrogens with zero attached hydrogens (tertiary/aromatic N) is 3. The summed E-state index contributed by atoms with van der Waals surface area (Å²) in [5.74, 6) is 0.734. The molecule has 0 saturated carbocycles. The van der Waals surface area contributed by atoms with Gasteiger partial charge in [-0.25, -0.2) is 0 Å². The quantitative estimate of drug-likeness (QED) is 0.836. The number of hydrogen-bond donors (Lipinski definition) is 1. The summed E-state index contributed by atoms with van der Waals surface area (Å²) < 4.78 is 1.90. The van der Waals surface area contributed by atoms with Crippen molar-refractivity contribution in [1.29, 1.82) is 0 Å². The van der Waals surface area contributed by atoms with Crippen molar-refractivity contribution in [3.63, 3.8) is 0 Å². The number of primary amides is 1. The largest absolute Gasteiger partial charge is 0.365 e. The predicted octanol–water partition coefficient (Wildman–Crippen LogP) is 1.32. The minimum atomic E-state index is -0.405. The molecule has 0 bridgehead atoms. The summed E-state index contributed by atoms with van der Waals surface area (Å²) in [5, 5.41) is 8.11. The van der Waals surface area contributed by atoms with Crippen LogP contribution in [0.3, 0.4) is 0 Å². The molecule has 6 heteroatoms. The lowest BCUT2D eigenvalue weighted by Crippen LogP contribution is -2.11. The van der Waals surface area contributed by atoms with Crippen LogP contribution < -0.4 is 5.73 Å². The van der Waals surface area contributed by atoms with Gasteiger partial charge in [0, 0.05) is 11.6 Å². The van der Waals surface area contributed by atoms with Crippen molar-refractivity contribution in [1.82, 2.24) is 14.6 Å². The predicted molar refractivity (Wildman–Crippen MR) is 58.2 cm³/mol. The first kappa shape index (κ1) is 10.1. The summed E-state index contributed by atoms with van der Waals surface area (Å²) >= 11 is 1.29. The van der Waals surface area contributed by atoms with Crippen LogP contribution in [0.15, 0.2) is 0 Å². The van der Waals surface area contributed by atoms with Gasteiger partial charge in [0.1, 0.15) is 10.7 Å². The third-order valence-electron chi connectivity index (χ3n) is 2.26. The van der Waals surface area contributed by atoms with Crippen LogP contribution in [0.25, 0.3) is 4.96 Å². The van der Waals surface area contributed by atoms with E-state index in [2.05, 4.69) is 10.2 Å². The van der Waals surface area contributed by atoms with Gasteiger partial charge < -0.3 is 5.73 Å². The van der Waals surface area contributed by atoms with Crippen molar-refractivity contribution < 1.29 is 4.79 Å². The molecule has 2 aromatic heterocycles. The molecule has 0 aliphatic rings. The zero-order valence-electron chi connectivity index (χ0n) is 8.81. The second-order valence-corrected chi connectivity index (χ2v) is 4.69. The first-order valence-electron chi connectivity index (χ1n) is 4.66.